The summed E-state index contributed by atoms with van der Waals surface area (Å²) in [5.74, 6) is 0.175. The minimum absolute atomic E-state index is 0.163. The maximum Gasteiger partial charge on any atom is 0.340 e. The lowest BCUT2D eigenvalue weighted by atomic mass is 10.1. The second-order valence-corrected chi connectivity index (χ2v) is 4.68. The summed E-state index contributed by atoms with van der Waals surface area (Å²) in [6.45, 7) is 2.17. The van der Waals surface area contributed by atoms with Crippen molar-refractivity contribution in [2.45, 2.75) is 19.9 Å². The summed E-state index contributed by atoms with van der Waals surface area (Å²) in [4.78, 5) is 28.9. The predicted molar refractivity (Wildman–Crippen MR) is 78.1 cm³/mol. The minimum atomic E-state index is -0.390. The number of hydrogen-bond donors (Lipinski definition) is 4. The van der Waals surface area contributed by atoms with Crippen LogP contribution in [0, 0.1) is 0 Å². The van der Waals surface area contributed by atoms with Crippen molar-refractivity contribution in [2.75, 3.05) is 0 Å². The quantitative estimate of drug-likeness (QED) is 0.576. The van der Waals surface area contributed by atoms with Gasteiger partial charge < -0.3 is 10.3 Å². The summed E-state index contributed by atoms with van der Waals surface area (Å²) in [5, 5.41) is 9.80. The molecule has 3 rings (SSSR count). The first kappa shape index (κ1) is 13.2. The molecule has 0 radical (unpaired) electrons. The van der Waals surface area contributed by atoms with Crippen LogP contribution in [0.1, 0.15) is 28.8 Å². The maximum absolute atomic E-state index is 12.3. The summed E-state index contributed by atoms with van der Waals surface area (Å²) in [6.07, 6.45) is 0.756. The number of nitrogens with one attached hydrogen (secondary N) is 4. The molecule has 0 unspecified atom stereocenters. The van der Waals surface area contributed by atoms with Gasteiger partial charge in [0, 0.05) is 10.9 Å². The number of aromatic nitrogens is 4. The molecular formula is C14H15N5O2. The highest BCUT2D eigenvalue weighted by Crippen LogP contribution is 2.22. The molecule has 3 aromatic rings. The molecule has 2 aromatic heterocycles. The van der Waals surface area contributed by atoms with E-state index in [1.165, 1.54) is 0 Å². The Bertz CT molecular complexity index is 842. The molecule has 1 amide bonds. The van der Waals surface area contributed by atoms with Crippen LogP contribution in [0.5, 0.6) is 0 Å². The zero-order valence-corrected chi connectivity index (χ0v) is 11.5. The standard InChI is InChI=1S/C14H15N5O2/c1-2-8-9-5-3-4-6-10(9)16-12(8)13(20)15-7-11-17-14(21)19-18-11/h3-6,16H,2,7H2,1H3,(H,15,20)(H2,17,18,19,21). The monoisotopic (exact) mass is 285 g/mol. The molecule has 0 aliphatic rings. The number of rotatable bonds is 4. The van der Waals surface area contributed by atoms with Crippen molar-refractivity contribution < 1.29 is 4.79 Å². The van der Waals surface area contributed by atoms with E-state index in [1.807, 2.05) is 31.2 Å². The second-order valence-electron chi connectivity index (χ2n) is 4.68. The van der Waals surface area contributed by atoms with Crippen molar-refractivity contribution >= 4 is 16.8 Å². The molecule has 0 spiro atoms. The third kappa shape index (κ3) is 2.45. The van der Waals surface area contributed by atoms with Gasteiger partial charge in [0.05, 0.1) is 6.54 Å². The van der Waals surface area contributed by atoms with E-state index in [0.717, 1.165) is 22.9 Å². The second kappa shape index (κ2) is 5.28. The number of benzene rings is 1. The average Bonchev–Trinajstić information content (AvgIpc) is 3.07. The molecule has 4 N–H and O–H groups in total. The van der Waals surface area contributed by atoms with Crippen molar-refractivity contribution in [1.29, 1.82) is 0 Å². The van der Waals surface area contributed by atoms with E-state index in [0.29, 0.717) is 11.5 Å². The Hall–Kier alpha value is -2.83. The topological polar surface area (TPSA) is 106 Å². The van der Waals surface area contributed by atoms with Crippen molar-refractivity contribution in [3.63, 3.8) is 0 Å². The van der Waals surface area contributed by atoms with Crippen LogP contribution in [0.4, 0.5) is 0 Å². The molecule has 2 heterocycles. The van der Waals surface area contributed by atoms with E-state index in [2.05, 4.69) is 25.5 Å². The smallest absolute Gasteiger partial charge is 0.340 e. The number of amides is 1. The highest BCUT2D eigenvalue weighted by molar-refractivity contribution is 6.01. The number of H-pyrrole nitrogens is 3. The number of nitrogens with zero attached hydrogens (tertiary/aromatic N) is 1. The largest absolute Gasteiger partial charge is 0.350 e. The van der Waals surface area contributed by atoms with Gasteiger partial charge in [-0.1, -0.05) is 25.1 Å². The molecule has 0 aliphatic heterocycles. The molecule has 21 heavy (non-hydrogen) atoms. The molecular weight excluding hydrogens is 270 g/mol. The highest BCUT2D eigenvalue weighted by Gasteiger charge is 2.16. The van der Waals surface area contributed by atoms with Crippen LogP contribution in [-0.4, -0.2) is 26.1 Å². The van der Waals surface area contributed by atoms with Crippen LogP contribution in [0.15, 0.2) is 29.1 Å². The van der Waals surface area contributed by atoms with Crippen molar-refractivity contribution in [1.82, 2.24) is 25.5 Å². The molecule has 0 saturated carbocycles. The summed E-state index contributed by atoms with van der Waals surface area (Å²) < 4.78 is 0. The number of aryl methyl sites for hydroxylation is 1. The van der Waals surface area contributed by atoms with Crippen LogP contribution >= 0.6 is 0 Å². The van der Waals surface area contributed by atoms with Gasteiger partial charge in [0.15, 0.2) is 0 Å². The van der Waals surface area contributed by atoms with E-state index < -0.39 is 0 Å². The lowest BCUT2D eigenvalue weighted by Crippen LogP contribution is -2.25. The summed E-state index contributed by atoms with van der Waals surface area (Å²) in [6, 6.07) is 7.81. The zero-order valence-electron chi connectivity index (χ0n) is 11.5. The Balaban J connectivity index is 1.85. The first-order valence-electron chi connectivity index (χ1n) is 6.70. The van der Waals surface area contributed by atoms with Gasteiger partial charge in [0.2, 0.25) is 0 Å². The maximum atomic E-state index is 12.3. The minimum Gasteiger partial charge on any atom is -0.350 e. The van der Waals surface area contributed by atoms with Gasteiger partial charge in [0.1, 0.15) is 11.5 Å². The molecule has 0 aliphatic carbocycles. The van der Waals surface area contributed by atoms with E-state index in [4.69, 9.17) is 0 Å². The number of hydrogen-bond acceptors (Lipinski definition) is 3. The predicted octanol–water partition coefficient (Wildman–Crippen LogP) is 1.07. The summed E-state index contributed by atoms with van der Waals surface area (Å²) >= 11 is 0. The number of carbonyl (C=O) groups is 1. The lowest BCUT2D eigenvalue weighted by molar-refractivity contribution is 0.0945. The van der Waals surface area contributed by atoms with Gasteiger partial charge in [0.25, 0.3) is 5.91 Å². The Morgan fingerprint density at radius 2 is 2.10 bits per heavy atom. The fourth-order valence-corrected chi connectivity index (χ4v) is 2.40. The number of fused-ring (bicyclic) bond motifs is 1. The van der Waals surface area contributed by atoms with Crippen LogP contribution in [0.25, 0.3) is 10.9 Å². The fraction of sp³-hybridized carbons (Fsp3) is 0.214. The Morgan fingerprint density at radius 1 is 1.29 bits per heavy atom. The van der Waals surface area contributed by atoms with Crippen molar-refractivity contribution in [3.05, 3.63) is 51.8 Å². The normalized spacial score (nSPS) is 10.9. The number of para-hydroxylation sites is 1. The first-order valence-corrected chi connectivity index (χ1v) is 6.70. The Kier molecular flexibility index (Phi) is 3.31. The molecule has 108 valence electrons. The summed E-state index contributed by atoms with van der Waals surface area (Å²) in [7, 11) is 0. The van der Waals surface area contributed by atoms with E-state index in [-0.39, 0.29) is 18.1 Å². The first-order chi connectivity index (χ1) is 10.2. The van der Waals surface area contributed by atoms with Gasteiger partial charge in [-0.3, -0.25) is 9.78 Å². The van der Waals surface area contributed by atoms with Crippen LogP contribution in [0.3, 0.4) is 0 Å². The zero-order chi connectivity index (χ0) is 14.8. The summed E-state index contributed by atoms with van der Waals surface area (Å²) in [5.41, 5.74) is 2.09. The van der Waals surface area contributed by atoms with Gasteiger partial charge >= 0.3 is 5.69 Å². The van der Waals surface area contributed by atoms with Crippen molar-refractivity contribution in [3.8, 4) is 0 Å². The van der Waals surface area contributed by atoms with Crippen LogP contribution in [-0.2, 0) is 13.0 Å². The molecule has 0 bridgehead atoms. The average molecular weight is 285 g/mol. The third-order valence-electron chi connectivity index (χ3n) is 3.36. The Labute approximate surface area is 119 Å². The van der Waals surface area contributed by atoms with E-state index in [9.17, 15) is 9.59 Å². The molecule has 7 nitrogen and oxygen atoms in total. The van der Waals surface area contributed by atoms with Gasteiger partial charge in [-0.2, -0.15) is 5.10 Å². The highest BCUT2D eigenvalue weighted by atomic mass is 16.2. The van der Waals surface area contributed by atoms with Gasteiger partial charge in [-0.15, -0.1) is 0 Å². The van der Waals surface area contributed by atoms with E-state index in [1.54, 1.807) is 0 Å². The van der Waals surface area contributed by atoms with Gasteiger partial charge in [-0.05, 0) is 18.1 Å². The Morgan fingerprint density at radius 3 is 2.81 bits per heavy atom. The molecule has 0 saturated heterocycles. The van der Waals surface area contributed by atoms with Crippen LogP contribution in [0.2, 0.25) is 0 Å². The number of carbonyl (C=O) groups excluding carboxylic acids is 1. The fourth-order valence-electron chi connectivity index (χ4n) is 2.40. The third-order valence-corrected chi connectivity index (χ3v) is 3.36. The van der Waals surface area contributed by atoms with Crippen molar-refractivity contribution in [2.24, 2.45) is 0 Å². The lowest BCUT2D eigenvalue weighted by Gasteiger charge is -2.03. The van der Waals surface area contributed by atoms with E-state index >= 15 is 0 Å². The molecule has 0 fully saturated rings. The molecule has 0 atom stereocenters. The van der Waals surface area contributed by atoms with Gasteiger partial charge in [-0.25, -0.2) is 9.89 Å². The molecule has 1 aromatic carbocycles. The molecule has 7 heteroatoms. The number of aromatic amines is 3. The van der Waals surface area contributed by atoms with Crippen LogP contribution < -0.4 is 11.0 Å². The SMILES string of the molecule is CCc1c(C(=O)NCc2n[nH]c(=O)[nH]2)[nH]c2ccccc12.